The van der Waals surface area contributed by atoms with Gasteiger partial charge in [-0.25, -0.2) is 0 Å². The summed E-state index contributed by atoms with van der Waals surface area (Å²) in [6, 6.07) is 0.500. The molecule has 0 aromatic carbocycles. The summed E-state index contributed by atoms with van der Waals surface area (Å²) in [6.45, 7) is 4.11. The van der Waals surface area contributed by atoms with E-state index in [0.29, 0.717) is 6.04 Å². The molecule has 2 heterocycles. The third kappa shape index (κ3) is 2.25. The van der Waals surface area contributed by atoms with E-state index in [0.717, 1.165) is 45.7 Å². The molecule has 0 aromatic heterocycles. The molecule has 2 aliphatic heterocycles. The van der Waals surface area contributed by atoms with E-state index >= 15 is 0 Å². The molecular formula is C10H20N2O2. The van der Waals surface area contributed by atoms with Gasteiger partial charge in [0.2, 0.25) is 0 Å². The molecule has 14 heavy (non-hydrogen) atoms. The maximum absolute atomic E-state index is 10.2. The Kier molecular flexibility index (Phi) is 3.07. The highest BCUT2D eigenvalue weighted by Crippen LogP contribution is 2.19. The van der Waals surface area contributed by atoms with E-state index in [-0.39, 0.29) is 0 Å². The molecule has 2 saturated heterocycles. The molecular weight excluding hydrogens is 180 g/mol. The van der Waals surface area contributed by atoms with Gasteiger partial charge < -0.3 is 15.2 Å². The molecule has 0 amide bonds. The molecule has 2 N–H and O–H groups in total. The van der Waals surface area contributed by atoms with E-state index in [9.17, 15) is 5.11 Å². The summed E-state index contributed by atoms with van der Waals surface area (Å²) in [5.41, 5.74) is -0.517. The zero-order valence-electron chi connectivity index (χ0n) is 8.83. The lowest BCUT2D eigenvalue weighted by Gasteiger charge is -2.31. The highest BCUT2D eigenvalue weighted by molar-refractivity contribution is 4.91. The molecule has 2 aliphatic rings. The minimum atomic E-state index is -0.517. The van der Waals surface area contributed by atoms with Gasteiger partial charge in [0, 0.05) is 25.7 Å². The van der Waals surface area contributed by atoms with Crippen LogP contribution in [0.5, 0.6) is 0 Å². The van der Waals surface area contributed by atoms with Crippen LogP contribution in [0.15, 0.2) is 0 Å². The van der Waals surface area contributed by atoms with Gasteiger partial charge in [0.15, 0.2) is 0 Å². The van der Waals surface area contributed by atoms with Crippen molar-refractivity contribution in [2.75, 3.05) is 39.9 Å². The Bertz CT molecular complexity index is 187. The minimum Gasteiger partial charge on any atom is -0.387 e. The number of β-amino-alcohol motifs (C(OH)–C–C–N with tert-alkyl or cyclic N) is 1. The van der Waals surface area contributed by atoms with E-state index in [1.165, 1.54) is 0 Å². The normalized spacial score (nSPS) is 38.4. The number of nitrogens with zero attached hydrogens (tertiary/aromatic N) is 1. The summed E-state index contributed by atoms with van der Waals surface area (Å²) in [4.78, 5) is 2.24. The second kappa shape index (κ2) is 4.14. The second-order valence-corrected chi connectivity index (χ2v) is 4.58. The van der Waals surface area contributed by atoms with Crippen LogP contribution in [-0.4, -0.2) is 61.5 Å². The summed E-state index contributed by atoms with van der Waals surface area (Å²) in [6.07, 6.45) is 1.96. The van der Waals surface area contributed by atoms with Crippen LogP contribution >= 0.6 is 0 Å². The van der Waals surface area contributed by atoms with Crippen molar-refractivity contribution in [2.45, 2.75) is 24.5 Å². The standard InChI is InChI=1S/C10H20N2O2/c1-12(9-2-5-14-6-9)8-10(13)3-4-11-7-10/h9,11,13H,2-8H2,1H3. The Hall–Kier alpha value is -0.160. The van der Waals surface area contributed by atoms with Crippen LogP contribution in [0.2, 0.25) is 0 Å². The van der Waals surface area contributed by atoms with Crippen LogP contribution in [0, 0.1) is 0 Å². The van der Waals surface area contributed by atoms with Crippen LogP contribution in [-0.2, 0) is 4.74 Å². The van der Waals surface area contributed by atoms with Crippen molar-refractivity contribution < 1.29 is 9.84 Å². The molecule has 0 radical (unpaired) electrons. The van der Waals surface area contributed by atoms with Gasteiger partial charge >= 0.3 is 0 Å². The number of ether oxygens (including phenoxy) is 1. The first-order valence-electron chi connectivity index (χ1n) is 5.41. The molecule has 0 aromatic rings. The Morgan fingerprint density at radius 3 is 3.07 bits per heavy atom. The van der Waals surface area contributed by atoms with Crippen LogP contribution in [0.3, 0.4) is 0 Å². The fraction of sp³-hybridized carbons (Fsp3) is 1.00. The summed E-state index contributed by atoms with van der Waals surface area (Å²) in [7, 11) is 2.08. The Morgan fingerprint density at radius 1 is 1.64 bits per heavy atom. The molecule has 82 valence electrons. The summed E-state index contributed by atoms with van der Waals surface area (Å²) in [5.74, 6) is 0. The average molecular weight is 200 g/mol. The average Bonchev–Trinajstić information content (AvgIpc) is 2.74. The molecule has 2 fully saturated rings. The van der Waals surface area contributed by atoms with Gasteiger partial charge in [0.05, 0.1) is 12.2 Å². The third-order valence-corrected chi connectivity index (χ3v) is 3.29. The van der Waals surface area contributed by atoms with Crippen molar-refractivity contribution in [1.82, 2.24) is 10.2 Å². The Morgan fingerprint density at radius 2 is 2.50 bits per heavy atom. The lowest BCUT2D eigenvalue weighted by Crippen LogP contribution is -2.47. The number of rotatable bonds is 3. The summed E-state index contributed by atoms with van der Waals surface area (Å²) >= 11 is 0. The van der Waals surface area contributed by atoms with Crippen LogP contribution in [0.1, 0.15) is 12.8 Å². The second-order valence-electron chi connectivity index (χ2n) is 4.58. The van der Waals surface area contributed by atoms with Crippen LogP contribution in [0.25, 0.3) is 0 Å². The van der Waals surface area contributed by atoms with E-state index in [2.05, 4.69) is 17.3 Å². The zero-order chi connectivity index (χ0) is 10.0. The van der Waals surface area contributed by atoms with Crippen molar-refractivity contribution in [2.24, 2.45) is 0 Å². The predicted molar refractivity (Wildman–Crippen MR) is 54.3 cm³/mol. The SMILES string of the molecule is CN(CC1(O)CCNC1)C1CCOC1. The Balaban J connectivity index is 1.83. The number of hydrogen-bond donors (Lipinski definition) is 2. The highest BCUT2D eigenvalue weighted by Gasteiger charge is 2.34. The third-order valence-electron chi connectivity index (χ3n) is 3.29. The van der Waals surface area contributed by atoms with E-state index in [4.69, 9.17) is 4.74 Å². The molecule has 0 bridgehead atoms. The monoisotopic (exact) mass is 200 g/mol. The maximum Gasteiger partial charge on any atom is 0.0909 e. The number of hydrogen-bond acceptors (Lipinski definition) is 4. The predicted octanol–water partition coefficient (Wildman–Crippen LogP) is -0.568. The molecule has 4 nitrogen and oxygen atoms in total. The van der Waals surface area contributed by atoms with Gasteiger partial charge in [-0.1, -0.05) is 0 Å². The van der Waals surface area contributed by atoms with Crippen molar-refractivity contribution in [1.29, 1.82) is 0 Å². The summed E-state index contributed by atoms with van der Waals surface area (Å²) < 4.78 is 5.34. The van der Waals surface area contributed by atoms with Crippen molar-refractivity contribution in [3.05, 3.63) is 0 Å². The quantitative estimate of drug-likeness (QED) is 0.640. The zero-order valence-corrected chi connectivity index (χ0v) is 8.83. The van der Waals surface area contributed by atoms with Crippen molar-refractivity contribution in [3.8, 4) is 0 Å². The van der Waals surface area contributed by atoms with Crippen LogP contribution in [0.4, 0.5) is 0 Å². The first-order chi connectivity index (χ1) is 6.70. The molecule has 2 unspecified atom stereocenters. The fourth-order valence-electron chi connectivity index (χ4n) is 2.33. The van der Waals surface area contributed by atoms with Gasteiger partial charge in [-0.3, -0.25) is 4.90 Å². The molecule has 2 atom stereocenters. The largest absolute Gasteiger partial charge is 0.387 e. The number of aliphatic hydroxyl groups is 1. The number of nitrogens with one attached hydrogen (secondary N) is 1. The molecule has 2 rings (SSSR count). The maximum atomic E-state index is 10.2. The molecule has 0 aliphatic carbocycles. The lowest BCUT2D eigenvalue weighted by molar-refractivity contribution is 0.0149. The minimum absolute atomic E-state index is 0.500. The van der Waals surface area contributed by atoms with E-state index < -0.39 is 5.60 Å². The summed E-state index contributed by atoms with van der Waals surface area (Å²) in [5, 5.41) is 13.4. The highest BCUT2D eigenvalue weighted by atomic mass is 16.5. The topological polar surface area (TPSA) is 44.7 Å². The van der Waals surface area contributed by atoms with Crippen LogP contribution < -0.4 is 5.32 Å². The van der Waals surface area contributed by atoms with Gasteiger partial charge in [-0.05, 0) is 26.4 Å². The smallest absolute Gasteiger partial charge is 0.0909 e. The van der Waals surface area contributed by atoms with Crippen molar-refractivity contribution >= 4 is 0 Å². The van der Waals surface area contributed by atoms with Crippen molar-refractivity contribution in [3.63, 3.8) is 0 Å². The number of likely N-dealkylation sites (N-methyl/N-ethyl adjacent to an activating group) is 1. The first-order valence-corrected chi connectivity index (χ1v) is 5.41. The van der Waals surface area contributed by atoms with E-state index in [1.54, 1.807) is 0 Å². The van der Waals surface area contributed by atoms with Gasteiger partial charge in [0.1, 0.15) is 0 Å². The molecule has 0 saturated carbocycles. The van der Waals surface area contributed by atoms with E-state index in [1.807, 2.05) is 0 Å². The molecule has 4 heteroatoms. The van der Waals surface area contributed by atoms with Gasteiger partial charge in [-0.2, -0.15) is 0 Å². The lowest BCUT2D eigenvalue weighted by atomic mass is 10.0. The van der Waals surface area contributed by atoms with Gasteiger partial charge in [0.25, 0.3) is 0 Å². The Labute approximate surface area is 85.2 Å². The molecule has 0 spiro atoms. The fourth-order valence-corrected chi connectivity index (χ4v) is 2.33. The van der Waals surface area contributed by atoms with Gasteiger partial charge in [-0.15, -0.1) is 0 Å². The first kappa shape index (κ1) is 10.4.